The number of nitrogens with one attached hydrogen (secondary N) is 2. The Balaban J connectivity index is 1.91. The van der Waals surface area contributed by atoms with Gasteiger partial charge >= 0.3 is 0 Å². The quantitative estimate of drug-likeness (QED) is 0.744. The van der Waals surface area contributed by atoms with Crippen LogP contribution in [0.1, 0.15) is 5.56 Å². The lowest BCUT2D eigenvalue weighted by molar-refractivity contribution is -0.123. The fourth-order valence-electron chi connectivity index (χ4n) is 1.77. The first-order valence-corrected chi connectivity index (χ1v) is 8.97. The summed E-state index contributed by atoms with van der Waals surface area (Å²) in [5.41, 5.74) is 2.83. The summed E-state index contributed by atoms with van der Waals surface area (Å²) in [6.45, 7) is 1.42. The number of hydrazine groups is 1. The van der Waals surface area contributed by atoms with Gasteiger partial charge in [-0.25, -0.2) is 8.42 Å². The predicted octanol–water partition coefficient (Wildman–Crippen LogP) is 2.69. The lowest BCUT2D eigenvalue weighted by atomic mass is 10.2. The SMILES string of the molecule is Cc1cc(Cl)ccc1OCC(=O)NNS(=O)(=O)c1cccc(Cl)c1. The Morgan fingerprint density at radius 3 is 2.50 bits per heavy atom. The van der Waals surface area contributed by atoms with Gasteiger partial charge in [-0.05, 0) is 48.9 Å². The molecule has 2 rings (SSSR count). The van der Waals surface area contributed by atoms with Crippen LogP contribution in [0.2, 0.25) is 10.0 Å². The Kier molecular flexibility index (Phi) is 6.06. The molecule has 0 saturated carbocycles. The first kappa shape index (κ1) is 18.5. The van der Waals surface area contributed by atoms with Crippen LogP contribution in [0.25, 0.3) is 0 Å². The third-order valence-electron chi connectivity index (χ3n) is 2.93. The summed E-state index contributed by atoms with van der Waals surface area (Å²) in [5.74, 6) is -0.179. The minimum Gasteiger partial charge on any atom is -0.483 e. The largest absolute Gasteiger partial charge is 0.483 e. The van der Waals surface area contributed by atoms with Crippen LogP contribution in [-0.4, -0.2) is 20.9 Å². The summed E-state index contributed by atoms with van der Waals surface area (Å²) in [6, 6.07) is 10.6. The van der Waals surface area contributed by atoms with E-state index < -0.39 is 15.9 Å². The second kappa shape index (κ2) is 7.85. The van der Waals surface area contributed by atoms with Gasteiger partial charge in [-0.1, -0.05) is 29.3 Å². The molecule has 0 fully saturated rings. The van der Waals surface area contributed by atoms with Crippen LogP contribution >= 0.6 is 23.2 Å². The van der Waals surface area contributed by atoms with Gasteiger partial charge < -0.3 is 4.74 Å². The maximum absolute atomic E-state index is 12.0. The Hall–Kier alpha value is -1.80. The van der Waals surface area contributed by atoms with Crippen molar-refractivity contribution < 1.29 is 17.9 Å². The minimum atomic E-state index is -3.91. The van der Waals surface area contributed by atoms with E-state index in [4.69, 9.17) is 27.9 Å². The topological polar surface area (TPSA) is 84.5 Å². The van der Waals surface area contributed by atoms with Crippen molar-refractivity contribution in [2.45, 2.75) is 11.8 Å². The smallest absolute Gasteiger partial charge is 0.272 e. The van der Waals surface area contributed by atoms with E-state index in [1.165, 1.54) is 18.2 Å². The molecule has 0 aliphatic rings. The van der Waals surface area contributed by atoms with E-state index in [2.05, 4.69) is 5.43 Å². The number of hydrogen-bond acceptors (Lipinski definition) is 4. The van der Waals surface area contributed by atoms with Gasteiger partial charge in [-0.2, -0.15) is 0 Å². The summed E-state index contributed by atoms with van der Waals surface area (Å²) in [5, 5.41) is 0.823. The zero-order valence-corrected chi connectivity index (χ0v) is 14.9. The molecule has 2 aromatic carbocycles. The highest BCUT2D eigenvalue weighted by Crippen LogP contribution is 2.21. The third kappa shape index (κ3) is 5.10. The van der Waals surface area contributed by atoms with Crippen LogP contribution in [0.4, 0.5) is 0 Å². The fraction of sp³-hybridized carbons (Fsp3) is 0.133. The number of hydrogen-bond donors (Lipinski definition) is 2. The molecule has 0 aliphatic carbocycles. The Bertz CT molecular complexity index is 856. The van der Waals surface area contributed by atoms with Gasteiger partial charge in [0.25, 0.3) is 15.9 Å². The summed E-state index contributed by atoms with van der Waals surface area (Å²) in [4.78, 5) is 13.6. The van der Waals surface area contributed by atoms with Gasteiger partial charge in [0.1, 0.15) is 5.75 Å². The molecule has 0 heterocycles. The van der Waals surface area contributed by atoms with Gasteiger partial charge in [-0.15, -0.1) is 4.83 Å². The summed E-state index contributed by atoms with van der Waals surface area (Å²) < 4.78 is 29.3. The van der Waals surface area contributed by atoms with Crippen LogP contribution in [0, 0.1) is 6.92 Å². The molecule has 0 atom stereocenters. The number of benzene rings is 2. The number of carbonyl (C=O) groups excluding carboxylic acids is 1. The highest BCUT2D eigenvalue weighted by atomic mass is 35.5. The van der Waals surface area contributed by atoms with Crippen molar-refractivity contribution in [3.8, 4) is 5.75 Å². The van der Waals surface area contributed by atoms with Crippen LogP contribution < -0.4 is 15.0 Å². The Morgan fingerprint density at radius 1 is 1.12 bits per heavy atom. The van der Waals surface area contributed by atoms with Gasteiger partial charge in [-0.3, -0.25) is 10.2 Å². The molecule has 0 aliphatic heterocycles. The van der Waals surface area contributed by atoms with Crippen molar-refractivity contribution in [2.24, 2.45) is 0 Å². The monoisotopic (exact) mass is 388 g/mol. The first-order chi connectivity index (χ1) is 11.3. The maximum atomic E-state index is 12.0. The molecule has 2 N–H and O–H groups in total. The molecule has 24 heavy (non-hydrogen) atoms. The van der Waals surface area contributed by atoms with Crippen molar-refractivity contribution >= 4 is 39.1 Å². The number of ether oxygens (including phenoxy) is 1. The molecule has 1 amide bonds. The minimum absolute atomic E-state index is 0.0650. The Morgan fingerprint density at radius 2 is 1.83 bits per heavy atom. The van der Waals surface area contributed by atoms with E-state index in [0.29, 0.717) is 10.8 Å². The third-order valence-corrected chi connectivity index (χ3v) is 4.64. The molecule has 0 aromatic heterocycles. The number of sulfonamides is 1. The summed E-state index contributed by atoms with van der Waals surface area (Å²) in [6.07, 6.45) is 0. The highest BCUT2D eigenvalue weighted by Gasteiger charge is 2.15. The molecule has 0 radical (unpaired) electrons. The van der Waals surface area contributed by atoms with E-state index in [1.54, 1.807) is 31.2 Å². The average molecular weight is 389 g/mol. The van der Waals surface area contributed by atoms with Crippen LogP contribution in [0.15, 0.2) is 47.4 Å². The number of aryl methyl sites for hydroxylation is 1. The average Bonchev–Trinajstić information content (AvgIpc) is 2.52. The van der Waals surface area contributed by atoms with Crippen molar-refractivity contribution in [3.63, 3.8) is 0 Å². The molecule has 0 saturated heterocycles. The van der Waals surface area contributed by atoms with Crippen LogP contribution in [0.5, 0.6) is 5.75 Å². The number of rotatable bonds is 6. The number of amides is 1. The molecule has 0 unspecified atom stereocenters. The number of halogens is 2. The second-order valence-corrected chi connectivity index (χ2v) is 7.36. The van der Waals surface area contributed by atoms with Crippen LogP contribution in [-0.2, 0) is 14.8 Å². The van der Waals surface area contributed by atoms with Crippen molar-refractivity contribution in [1.29, 1.82) is 0 Å². The highest BCUT2D eigenvalue weighted by molar-refractivity contribution is 7.89. The molecule has 0 spiro atoms. The first-order valence-electron chi connectivity index (χ1n) is 6.73. The van der Waals surface area contributed by atoms with E-state index in [-0.39, 0.29) is 16.5 Å². The molecule has 2 aromatic rings. The fourth-order valence-corrected chi connectivity index (χ4v) is 3.16. The van der Waals surface area contributed by atoms with Crippen molar-refractivity contribution in [3.05, 3.63) is 58.1 Å². The zero-order valence-electron chi connectivity index (χ0n) is 12.5. The molecule has 0 bridgehead atoms. The molecule has 9 heteroatoms. The van der Waals surface area contributed by atoms with Gasteiger partial charge in [0.05, 0.1) is 4.90 Å². The molecule has 6 nitrogen and oxygen atoms in total. The van der Waals surface area contributed by atoms with E-state index >= 15 is 0 Å². The Labute approximate surface area is 149 Å². The second-order valence-electron chi connectivity index (χ2n) is 4.81. The van der Waals surface area contributed by atoms with Crippen LogP contribution in [0.3, 0.4) is 0 Å². The van der Waals surface area contributed by atoms with Gasteiger partial charge in [0.15, 0.2) is 6.61 Å². The molecular formula is C15H14Cl2N2O4S. The standard InChI is InChI=1S/C15H14Cl2N2O4S/c1-10-7-12(17)5-6-14(10)23-9-15(20)18-19-24(21,22)13-4-2-3-11(16)8-13/h2-8,19H,9H2,1H3,(H,18,20). The molecule has 128 valence electrons. The summed E-state index contributed by atoms with van der Waals surface area (Å²) in [7, 11) is -3.91. The summed E-state index contributed by atoms with van der Waals surface area (Å²) >= 11 is 11.6. The predicted molar refractivity (Wildman–Crippen MR) is 91.6 cm³/mol. The van der Waals surface area contributed by atoms with Crippen molar-refractivity contribution in [2.75, 3.05) is 6.61 Å². The van der Waals surface area contributed by atoms with Crippen molar-refractivity contribution in [1.82, 2.24) is 10.3 Å². The van der Waals surface area contributed by atoms with Gasteiger partial charge in [0.2, 0.25) is 0 Å². The lowest BCUT2D eigenvalue weighted by Crippen LogP contribution is -2.43. The van der Waals surface area contributed by atoms with E-state index in [0.717, 1.165) is 5.56 Å². The normalized spacial score (nSPS) is 11.1. The van der Waals surface area contributed by atoms with Gasteiger partial charge in [0, 0.05) is 10.0 Å². The zero-order chi connectivity index (χ0) is 17.7. The van der Waals surface area contributed by atoms with E-state index in [9.17, 15) is 13.2 Å². The maximum Gasteiger partial charge on any atom is 0.272 e. The lowest BCUT2D eigenvalue weighted by Gasteiger charge is -2.11. The molecular weight excluding hydrogens is 375 g/mol. The van der Waals surface area contributed by atoms with E-state index in [1.807, 2.05) is 4.83 Å². The number of carbonyl (C=O) groups is 1.